The van der Waals surface area contributed by atoms with E-state index in [-0.39, 0.29) is 17.9 Å². The van der Waals surface area contributed by atoms with Crippen molar-refractivity contribution in [3.05, 3.63) is 64.7 Å². The normalized spacial score (nSPS) is 13.0. The van der Waals surface area contributed by atoms with E-state index < -0.39 is 0 Å². The van der Waals surface area contributed by atoms with Crippen LogP contribution in [0.4, 0.5) is 0 Å². The highest BCUT2D eigenvalue weighted by Gasteiger charge is 2.15. The molecule has 0 fully saturated rings. The van der Waals surface area contributed by atoms with Gasteiger partial charge in [0.2, 0.25) is 12.4 Å². The van der Waals surface area contributed by atoms with Crippen molar-refractivity contribution in [3.63, 3.8) is 0 Å². The number of aromatic nitrogens is 2. The summed E-state index contributed by atoms with van der Waals surface area (Å²) < 4.78 is 17.9. The molecular weight excluding hydrogens is 308 g/mol. The predicted molar refractivity (Wildman–Crippen MR) is 87.4 cm³/mol. The zero-order valence-electron chi connectivity index (χ0n) is 12.6. The standard InChI is InChI=1S/C18H12N2O4/c21-18-17-16(12-3-1-2-4-13(12)24-17)19-9-20(18)8-11-5-6-14-15(7-11)23-10-22-14/h1-7,9H,8,10H2. The van der Waals surface area contributed by atoms with Gasteiger partial charge in [0.15, 0.2) is 11.5 Å². The number of rotatable bonds is 2. The monoisotopic (exact) mass is 320 g/mol. The lowest BCUT2D eigenvalue weighted by Crippen LogP contribution is -2.20. The number of hydrogen-bond donors (Lipinski definition) is 0. The van der Waals surface area contributed by atoms with Crippen LogP contribution in [0.2, 0.25) is 0 Å². The number of furan rings is 1. The lowest BCUT2D eigenvalue weighted by Gasteiger charge is -2.06. The first kappa shape index (κ1) is 13.2. The number of fused-ring (bicyclic) bond motifs is 4. The molecule has 0 atom stereocenters. The predicted octanol–water partition coefficient (Wildman–Crippen LogP) is 2.92. The lowest BCUT2D eigenvalue weighted by atomic mass is 10.2. The highest BCUT2D eigenvalue weighted by molar-refractivity contribution is 6.01. The number of benzene rings is 2. The molecule has 0 saturated carbocycles. The number of nitrogens with zero attached hydrogens (tertiary/aromatic N) is 2. The smallest absolute Gasteiger partial charge is 0.297 e. The van der Waals surface area contributed by atoms with E-state index in [1.807, 2.05) is 42.5 Å². The molecule has 24 heavy (non-hydrogen) atoms. The Morgan fingerprint density at radius 2 is 1.96 bits per heavy atom. The highest BCUT2D eigenvalue weighted by atomic mass is 16.7. The van der Waals surface area contributed by atoms with Gasteiger partial charge in [-0.3, -0.25) is 9.36 Å². The Kier molecular flexibility index (Phi) is 2.67. The molecule has 2 aromatic heterocycles. The molecule has 118 valence electrons. The first-order valence-corrected chi connectivity index (χ1v) is 7.55. The molecule has 4 aromatic rings. The zero-order chi connectivity index (χ0) is 16.1. The maximum absolute atomic E-state index is 12.7. The average molecular weight is 320 g/mol. The molecule has 0 aliphatic carbocycles. The fourth-order valence-corrected chi connectivity index (χ4v) is 2.96. The van der Waals surface area contributed by atoms with Crippen LogP contribution < -0.4 is 15.0 Å². The summed E-state index contributed by atoms with van der Waals surface area (Å²) in [5.41, 5.74) is 2.27. The minimum atomic E-state index is -0.200. The van der Waals surface area contributed by atoms with Crippen LogP contribution in [-0.4, -0.2) is 16.3 Å². The Morgan fingerprint density at radius 1 is 1.08 bits per heavy atom. The maximum Gasteiger partial charge on any atom is 0.297 e. The van der Waals surface area contributed by atoms with Crippen LogP contribution in [0.25, 0.3) is 22.1 Å². The molecule has 0 amide bonds. The van der Waals surface area contributed by atoms with Gasteiger partial charge in [0.25, 0.3) is 5.56 Å². The molecule has 3 heterocycles. The van der Waals surface area contributed by atoms with E-state index in [0.29, 0.717) is 23.4 Å². The zero-order valence-corrected chi connectivity index (χ0v) is 12.6. The summed E-state index contributed by atoms with van der Waals surface area (Å²) in [5.74, 6) is 1.41. The number of hydrogen-bond acceptors (Lipinski definition) is 5. The van der Waals surface area contributed by atoms with Gasteiger partial charge >= 0.3 is 0 Å². The largest absolute Gasteiger partial charge is 0.454 e. The SMILES string of the molecule is O=c1c2oc3ccccc3c2ncn1Cc1ccc2c(c1)OCO2. The van der Waals surface area contributed by atoms with E-state index in [4.69, 9.17) is 13.9 Å². The van der Waals surface area contributed by atoms with Gasteiger partial charge < -0.3 is 13.9 Å². The van der Waals surface area contributed by atoms with Crippen molar-refractivity contribution < 1.29 is 13.9 Å². The third-order valence-corrected chi connectivity index (χ3v) is 4.14. The van der Waals surface area contributed by atoms with Crippen LogP contribution >= 0.6 is 0 Å². The second kappa shape index (κ2) is 4.86. The van der Waals surface area contributed by atoms with E-state index in [1.54, 1.807) is 6.33 Å². The van der Waals surface area contributed by atoms with E-state index >= 15 is 0 Å². The van der Waals surface area contributed by atoms with Crippen molar-refractivity contribution >= 4 is 22.1 Å². The summed E-state index contributed by atoms with van der Waals surface area (Å²) in [7, 11) is 0. The number of para-hydroxylation sites is 1. The molecule has 0 saturated heterocycles. The lowest BCUT2D eigenvalue weighted by molar-refractivity contribution is 0.174. The molecule has 1 aliphatic rings. The fourth-order valence-electron chi connectivity index (χ4n) is 2.96. The van der Waals surface area contributed by atoms with E-state index in [0.717, 1.165) is 16.7 Å². The minimum absolute atomic E-state index is 0.200. The first-order chi connectivity index (χ1) is 11.8. The highest BCUT2D eigenvalue weighted by Crippen LogP contribution is 2.32. The topological polar surface area (TPSA) is 66.5 Å². The van der Waals surface area contributed by atoms with Gasteiger partial charge in [-0.25, -0.2) is 4.98 Å². The van der Waals surface area contributed by atoms with Gasteiger partial charge in [-0.1, -0.05) is 18.2 Å². The van der Waals surface area contributed by atoms with Crippen molar-refractivity contribution in [1.29, 1.82) is 0 Å². The summed E-state index contributed by atoms with van der Waals surface area (Å²) in [6.45, 7) is 0.612. The van der Waals surface area contributed by atoms with Gasteiger partial charge in [-0.15, -0.1) is 0 Å². The Balaban J connectivity index is 1.61. The molecule has 0 bridgehead atoms. The van der Waals surface area contributed by atoms with E-state index in [1.165, 1.54) is 4.57 Å². The van der Waals surface area contributed by atoms with Crippen molar-refractivity contribution in [2.24, 2.45) is 0 Å². The Morgan fingerprint density at radius 3 is 2.92 bits per heavy atom. The van der Waals surface area contributed by atoms with Crippen molar-refractivity contribution in [3.8, 4) is 11.5 Å². The van der Waals surface area contributed by atoms with Crippen LogP contribution in [0.5, 0.6) is 11.5 Å². The van der Waals surface area contributed by atoms with Crippen molar-refractivity contribution in [2.75, 3.05) is 6.79 Å². The maximum atomic E-state index is 12.7. The molecule has 0 unspecified atom stereocenters. The molecule has 0 N–H and O–H groups in total. The third kappa shape index (κ3) is 1.89. The van der Waals surface area contributed by atoms with Crippen LogP contribution in [0.15, 0.2) is 58.0 Å². The van der Waals surface area contributed by atoms with Crippen LogP contribution in [-0.2, 0) is 6.54 Å². The second-order valence-corrected chi connectivity index (χ2v) is 5.64. The van der Waals surface area contributed by atoms with Crippen LogP contribution in [0, 0.1) is 0 Å². The average Bonchev–Trinajstić information content (AvgIpc) is 3.21. The molecule has 0 spiro atoms. The van der Waals surface area contributed by atoms with Crippen molar-refractivity contribution in [2.45, 2.75) is 6.54 Å². The fraction of sp³-hybridized carbons (Fsp3) is 0.111. The van der Waals surface area contributed by atoms with E-state index in [9.17, 15) is 4.79 Å². The first-order valence-electron chi connectivity index (χ1n) is 7.55. The van der Waals surface area contributed by atoms with Gasteiger partial charge in [0.1, 0.15) is 11.1 Å². The molecule has 2 aromatic carbocycles. The van der Waals surface area contributed by atoms with Gasteiger partial charge in [-0.2, -0.15) is 0 Å². The van der Waals surface area contributed by atoms with Gasteiger partial charge in [0.05, 0.1) is 12.9 Å². The molecule has 6 heteroatoms. The molecule has 0 radical (unpaired) electrons. The Labute approximate surface area is 135 Å². The minimum Gasteiger partial charge on any atom is -0.454 e. The second-order valence-electron chi connectivity index (χ2n) is 5.64. The summed E-state index contributed by atoms with van der Waals surface area (Å²) in [4.78, 5) is 17.1. The summed E-state index contributed by atoms with van der Waals surface area (Å²) in [5, 5.41) is 0.847. The van der Waals surface area contributed by atoms with Gasteiger partial charge in [-0.05, 0) is 29.8 Å². The van der Waals surface area contributed by atoms with Crippen LogP contribution in [0.1, 0.15) is 5.56 Å². The van der Waals surface area contributed by atoms with Crippen molar-refractivity contribution in [1.82, 2.24) is 9.55 Å². The molecule has 5 rings (SSSR count). The Bertz CT molecular complexity index is 1140. The molecule has 1 aliphatic heterocycles. The summed E-state index contributed by atoms with van der Waals surface area (Å²) >= 11 is 0. The van der Waals surface area contributed by atoms with Gasteiger partial charge in [0, 0.05) is 5.39 Å². The van der Waals surface area contributed by atoms with E-state index in [2.05, 4.69) is 4.98 Å². The number of ether oxygens (including phenoxy) is 2. The quantitative estimate of drug-likeness (QED) is 0.568. The van der Waals surface area contributed by atoms with Crippen LogP contribution in [0.3, 0.4) is 0 Å². The summed E-state index contributed by atoms with van der Waals surface area (Å²) in [6, 6.07) is 13.1. The summed E-state index contributed by atoms with van der Waals surface area (Å²) in [6.07, 6.45) is 1.55. The molecular formula is C18H12N2O4. The molecule has 6 nitrogen and oxygen atoms in total. The Hall–Kier alpha value is -3.28. The third-order valence-electron chi connectivity index (χ3n) is 4.14.